The summed E-state index contributed by atoms with van der Waals surface area (Å²) in [6.07, 6.45) is 0.998. The lowest BCUT2D eigenvalue weighted by molar-refractivity contribution is -0.136. The highest BCUT2D eigenvalue weighted by Gasteiger charge is 2.17. The van der Waals surface area contributed by atoms with Crippen LogP contribution in [0.15, 0.2) is 29.2 Å². The first-order valence-corrected chi connectivity index (χ1v) is 8.15. The number of carboxylic acids is 1. The maximum absolute atomic E-state index is 12.1. The zero-order chi connectivity index (χ0) is 15.9. The highest BCUT2D eigenvalue weighted by atomic mass is 32.2. The number of aliphatic carboxylic acids is 1. The van der Waals surface area contributed by atoms with E-state index in [2.05, 4.69) is 4.72 Å². The van der Waals surface area contributed by atoms with Crippen LogP contribution >= 0.6 is 0 Å². The number of ether oxygens (including phenoxy) is 1. The first kappa shape index (κ1) is 17.6. The molecule has 0 saturated carbocycles. The Morgan fingerprint density at radius 2 is 1.95 bits per heavy atom. The van der Waals surface area contributed by atoms with Gasteiger partial charge in [0.05, 0.1) is 4.90 Å². The van der Waals surface area contributed by atoms with Crippen LogP contribution in [0.25, 0.3) is 0 Å². The van der Waals surface area contributed by atoms with Crippen LogP contribution in [0.5, 0.6) is 0 Å². The molecular formula is C14H21NO5S. The standard InChI is InChI=1S/C14H21NO5S/c1-11(9-10-20-2)15-21(18,19)13-6-3-12(4-7-13)5-8-14(16)17/h3-4,6-7,11,15H,5,8-10H2,1-2H3,(H,16,17). The van der Waals surface area contributed by atoms with Gasteiger partial charge in [-0.3, -0.25) is 4.79 Å². The SMILES string of the molecule is COCCC(C)NS(=O)(=O)c1ccc(CCC(=O)O)cc1. The van der Waals surface area contributed by atoms with Gasteiger partial charge in [0.15, 0.2) is 0 Å². The molecule has 0 amide bonds. The van der Waals surface area contributed by atoms with Crippen LogP contribution in [-0.4, -0.2) is 39.3 Å². The van der Waals surface area contributed by atoms with Gasteiger partial charge in [-0.1, -0.05) is 12.1 Å². The number of aryl methyl sites for hydroxylation is 1. The van der Waals surface area contributed by atoms with Gasteiger partial charge >= 0.3 is 5.97 Å². The Hall–Kier alpha value is -1.44. The van der Waals surface area contributed by atoms with Crippen molar-refractivity contribution < 1.29 is 23.1 Å². The van der Waals surface area contributed by atoms with Crippen molar-refractivity contribution >= 4 is 16.0 Å². The fourth-order valence-electron chi connectivity index (χ4n) is 1.77. The monoisotopic (exact) mass is 315 g/mol. The van der Waals surface area contributed by atoms with Crippen molar-refractivity contribution in [1.29, 1.82) is 0 Å². The molecule has 0 fully saturated rings. The second-order valence-corrected chi connectivity index (χ2v) is 6.56. The molecule has 1 rings (SSSR count). The van der Waals surface area contributed by atoms with Crippen LogP contribution in [0, 0.1) is 0 Å². The predicted octanol–water partition coefficient (Wildman–Crippen LogP) is 1.41. The van der Waals surface area contributed by atoms with Crippen LogP contribution in [0.1, 0.15) is 25.3 Å². The van der Waals surface area contributed by atoms with Crippen molar-refractivity contribution in [3.63, 3.8) is 0 Å². The van der Waals surface area contributed by atoms with E-state index < -0.39 is 16.0 Å². The zero-order valence-electron chi connectivity index (χ0n) is 12.2. The molecular weight excluding hydrogens is 294 g/mol. The highest BCUT2D eigenvalue weighted by Crippen LogP contribution is 2.13. The smallest absolute Gasteiger partial charge is 0.303 e. The molecule has 0 aromatic heterocycles. The number of methoxy groups -OCH3 is 1. The summed E-state index contributed by atoms with van der Waals surface area (Å²) in [5, 5.41) is 8.61. The molecule has 0 aliphatic heterocycles. The molecule has 7 heteroatoms. The first-order chi connectivity index (χ1) is 9.85. The fourth-order valence-corrected chi connectivity index (χ4v) is 3.05. The number of nitrogens with one attached hydrogen (secondary N) is 1. The van der Waals surface area contributed by atoms with Gasteiger partial charge < -0.3 is 9.84 Å². The summed E-state index contributed by atoms with van der Waals surface area (Å²) in [5.41, 5.74) is 0.795. The van der Waals surface area contributed by atoms with Crippen molar-refractivity contribution in [1.82, 2.24) is 4.72 Å². The van der Waals surface area contributed by atoms with Gasteiger partial charge in [0.1, 0.15) is 0 Å². The second kappa shape index (κ2) is 8.11. The summed E-state index contributed by atoms with van der Waals surface area (Å²) < 4.78 is 31.8. The number of benzene rings is 1. The van der Waals surface area contributed by atoms with E-state index in [0.717, 1.165) is 5.56 Å². The zero-order valence-corrected chi connectivity index (χ0v) is 13.0. The third-order valence-electron chi connectivity index (χ3n) is 2.97. The van der Waals surface area contributed by atoms with Crippen molar-refractivity contribution in [2.75, 3.05) is 13.7 Å². The highest BCUT2D eigenvalue weighted by molar-refractivity contribution is 7.89. The molecule has 0 aliphatic carbocycles. The number of carboxylic acid groups (broad SMARTS) is 1. The van der Waals surface area contributed by atoms with Crippen LogP contribution in [-0.2, 0) is 26.0 Å². The molecule has 0 radical (unpaired) electrons. The van der Waals surface area contributed by atoms with Gasteiger partial charge in [0.2, 0.25) is 10.0 Å². The average Bonchev–Trinajstić information content (AvgIpc) is 2.43. The van der Waals surface area contributed by atoms with Gasteiger partial charge in [0.25, 0.3) is 0 Å². The molecule has 1 atom stereocenters. The predicted molar refractivity (Wildman–Crippen MR) is 78.7 cm³/mol. The second-order valence-electron chi connectivity index (χ2n) is 4.84. The van der Waals surface area contributed by atoms with E-state index >= 15 is 0 Å². The summed E-state index contributed by atoms with van der Waals surface area (Å²) in [7, 11) is -1.99. The molecule has 21 heavy (non-hydrogen) atoms. The lowest BCUT2D eigenvalue weighted by atomic mass is 10.1. The third-order valence-corrected chi connectivity index (χ3v) is 4.58. The van der Waals surface area contributed by atoms with E-state index in [1.807, 2.05) is 0 Å². The normalized spacial score (nSPS) is 13.0. The van der Waals surface area contributed by atoms with E-state index in [-0.39, 0.29) is 17.4 Å². The molecule has 0 aliphatic rings. The third kappa shape index (κ3) is 6.24. The number of rotatable bonds is 9. The summed E-state index contributed by atoms with van der Waals surface area (Å²) >= 11 is 0. The maximum Gasteiger partial charge on any atom is 0.303 e. The Kier molecular flexibility index (Phi) is 6.80. The Labute approximate surface area is 125 Å². The number of sulfonamides is 1. The molecule has 1 unspecified atom stereocenters. The lowest BCUT2D eigenvalue weighted by Crippen LogP contribution is -2.33. The molecule has 118 valence electrons. The van der Waals surface area contributed by atoms with E-state index in [1.54, 1.807) is 26.2 Å². The van der Waals surface area contributed by atoms with Crippen LogP contribution < -0.4 is 4.72 Å². The van der Waals surface area contributed by atoms with Gasteiger partial charge in [-0.05, 0) is 37.5 Å². The van der Waals surface area contributed by atoms with E-state index in [9.17, 15) is 13.2 Å². The largest absolute Gasteiger partial charge is 0.481 e. The Morgan fingerprint density at radius 3 is 2.48 bits per heavy atom. The minimum Gasteiger partial charge on any atom is -0.481 e. The lowest BCUT2D eigenvalue weighted by Gasteiger charge is -2.14. The van der Waals surface area contributed by atoms with Crippen LogP contribution in [0.4, 0.5) is 0 Å². The summed E-state index contributed by atoms with van der Waals surface area (Å²) in [6.45, 7) is 2.26. The van der Waals surface area contributed by atoms with Crippen molar-refractivity contribution in [2.45, 2.75) is 37.1 Å². The first-order valence-electron chi connectivity index (χ1n) is 6.67. The molecule has 0 heterocycles. The van der Waals surface area contributed by atoms with E-state index in [0.29, 0.717) is 19.4 Å². The Morgan fingerprint density at radius 1 is 1.33 bits per heavy atom. The van der Waals surface area contributed by atoms with Crippen LogP contribution in [0.2, 0.25) is 0 Å². The van der Waals surface area contributed by atoms with Gasteiger partial charge in [-0.2, -0.15) is 0 Å². The Bertz CT molecular complexity index is 553. The number of carbonyl (C=O) groups is 1. The van der Waals surface area contributed by atoms with Crippen LogP contribution in [0.3, 0.4) is 0 Å². The number of hydrogen-bond acceptors (Lipinski definition) is 4. The molecule has 1 aromatic carbocycles. The molecule has 1 aromatic rings. The maximum atomic E-state index is 12.1. The fraction of sp³-hybridized carbons (Fsp3) is 0.500. The molecule has 0 bridgehead atoms. The quantitative estimate of drug-likeness (QED) is 0.718. The molecule has 0 spiro atoms. The molecule has 0 saturated heterocycles. The topological polar surface area (TPSA) is 92.7 Å². The van der Waals surface area contributed by atoms with Crippen molar-refractivity contribution in [3.05, 3.63) is 29.8 Å². The molecule has 6 nitrogen and oxygen atoms in total. The van der Waals surface area contributed by atoms with E-state index in [1.165, 1.54) is 12.1 Å². The van der Waals surface area contributed by atoms with Gasteiger partial charge in [0, 0.05) is 26.2 Å². The van der Waals surface area contributed by atoms with E-state index in [4.69, 9.17) is 9.84 Å². The summed E-state index contributed by atoms with van der Waals surface area (Å²) in [6, 6.07) is 6.03. The summed E-state index contributed by atoms with van der Waals surface area (Å²) in [5.74, 6) is -0.875. The summed E-state index contributed by atoms with van der Waals surface area (Å²) in [4.78, 5) is 10.7. The Balaban J connectivity index is 2.68. The van der Waals surface area contributed by atoms with Crippen molar-refractivity contribution in [2.24, 2.45) is 0 Å². The average molecular weight is 315 g/mol. The van der Waals surface area contributed by atoms with Gasteiger partial charge in [-0.15, -0.1) is 0 Å². The molecule has 2 N–H and O–H groups in total. The number of hydrogen-bond donors (Lipinski definition) is 2. The van der Waals surface area contributed by atoms with Crippen molar-refractivity contribution in [3.8, 4) is 0 Å². The minimum atomic E-state index is -3.56. The minimum absolute atomic E-state index is 0.0262. The van der Waals surface area contributed by atoms with Gasteiger partial charge in [-0.25, -0.2) is 13.1 Å².